The molecule has 0 saturated heterocycles. The lowest BCUT2D eigenvalue weighted by molar-refractivity contribution is -0.123. The van der Waals surface area contributed by atoms with Gasteiger partial charge in [-0.05, 0) is 56.2 Å². The summed E-state index contributed by atoms with van der Waals surface area (Å²) in [5.41, 5.74) is 2.24. The van der Waals surface area contributed by atoms with Crippen LogP contribution < -0.4 is 5.32 Å². The predicted octanol–water partition coefficient (Wildman–Crippen LogP) is 3.40. The van der Waals surface area contributed by atoms with E-state index in [2.05, 4.69) is 46.1 Å². The van der Waals surface area contributed by atoms with Crippen LogP contribution in [0, 0.1) is 24.7 Å². The van der Waals surface area contributed by atoms with Crippen molar-refractivity contribution in [2.24, 2.45) is 17.8 Å². The Hall–Kier alpha value is -2.10. The lowest BCUT2D eigenvalue weighted by atomic mass is 10.1. The first-order valence-electron chi connectivity index (χ1n) is 8.56. The molecule has 1 aromatic carbocycles. The molecule has 120 valence electrons. The number of carbonyl (C=O) groups is 1. The maximum atomic E-state index is 12.4. The van der Waals surface area contributed by atoms with Gasteiger partial charge in [-0.25, -0.2) is 4.98 Å². The minimum Gasteiger partial charge on any atom is -0.349 e. The molecule has 4 nitrogen and oxygen atoms in total. The Balaban J connectivity index is 1.41. The molecule has 4 atom stereocenters. The normalized spacial score (nSPS) is 26.6. The van der Waals surface area contributed by atoms with Crippen molar-refractivity contribution >= 4 is 5.91 Å². The minimum atomic E-state index is 0.0572. The Morgan fingerprint density at radius 3 is 2.57 bits per heavy atom. The lowest BCUT2D eigenvalue weighted by Crippen LogP contribution is -2.29. The van der Waals surface area contributed by atoms with Gasteiger partial charge in [-0.1, -0.05) is 18.6 Å². The van der Waals surface area contributed by atoms with E-state index >= 15 is 0 Å². The van der Waals surface area contributed by atoms with Gasteiger partial charge < -0.3 is 9.88 Å². The SMILES string of the molecule is Cc1nccn1-c1ccc([C@@H](C)NC(=O)C2[C@H]3CCC[C@@H]23)cc1. The van der Waals surface area contributed by atoms with E-state index in [0.29, 0.717) is 17.8 Å². The average molecular weight is 309 g/mol. The summed E-state index contributed by atoms with van der Waals surface area (Å²) in [5.74, 6) is 2.86. The second kappa shape index (κ2) is 5.52. The van der Waals surface area contributed by atoms with E-state index in [4.69, 9.17) is 0 Å². The maximum absolute atomic E-state index is 12.4. The van der Waals surface area contributed by atoms with E-state index in [1.54, 1.807) is 6.20 Å². The molecule has 0 aliphatic heterocycles. The van der Waals surface area contributed by atoms with E-state index in [0.717, 1.165) is 17.1 Å². The van der Waals surface area contributed by atoms with Crippen LogP contribution in [-0.2, 0) is 4.79 Å². The first-order valence-corrected chi connectivity index (χ1v) is 8.56. The van der Waals surface area contributed by atoms with Gasteiger partial charge in [0.25, 0.3) is 0 Å². The number of rotatable bonds is 4. The number of aromatic nitrogens is 2. The van der Waals surface area contributed by atoms with E-state index < -0.39 is 0 Å². The topological polar surface area (TPSA) is 46.9 Å². The fourth-order valence-corrected chi connectivity index (χ4v) is 4.18. The van der Waals surface area contributed by atoms with Gasteiger partial charge in [0.05, 0.1) is 6.04 Å². The summed E-state index contributed by atoms with van der Waals surface area (Å²) in [4.78, 5) is 16.6. The zero-order chi connectivity index (χ0) is 16.0. The summed E-state index contributed by atoms with van der Waals surface area (Å²) in [6.07, 6.45) is 7.57. The standard InChI is InChI=1S/C19H23N3O/c1-12(21-19(23)18-16-4-3-5-17(16)18)14-6-8-15(9-7-14)22-11-10-20-13(22)2/h6-12,16-18H,3-5H2,1-2H3,(H,21,23)/t12-,16-,17+,18?/m1/s1. The van der Waals surface area contributed by atoms with Crippen LogP contribution in [0.2, 0.25) is 0 Å². The van der Waals surface area contributed by atoms with Gasteiger partial charge in [0.1, 0.15) is 5.82 Å². The number of hydrogen-bond acceptors (Lipinski definition) is 2. The van der Waals surface area contributed by atoms with Gasteiger partial charge in [0.15, 0.2) is 0 Å². The number of aryl methyl sites for hydroxylation is 1. The fraction of sp³-hybridized carbons (Fsp3) is 0.474. The van der Waals surface area contributed by atoms with Crippen molar-refractivity contribution in [3.63, 3.8) is 0 Å². The van der Waals surface area contributed by atoms with Gasteiger partial charge in [-0.15, -0.1) is 0 Å². The Labute approximate surface area is 136 Å². The van der Waals surface area contributed by atoms with Crippen molar-refractivity contribution < 1.29 is 4.79 Å². The summed E-state index contributed by atoms with van der Waals surface area (Å²) < 4.78 is 2.05. The molecule has 23 heavy (non-hydrogen) atoms. The molecule has 2 saturated carbocycles. The first-order chi connectivity index (χ1) is 11.1. The molecule has 1 aromatic heterocycles. The van der Waals surface area contributed by atoms with Crippen LogP contribution in [0.25, 0.3) is 5.69 Å². The molecule has 1 amide bonds. The van der Waals surface area contributed by atoms with Crippen molar-refractivity contribution in [3.8, 4) is 5.69 Å². The summed E-state index contributed by atoms with van der Waals surface area (Å²) >= 11 is 0. The van der Waals surface area contributed by atoms with Crippen molar-refractivity contribution in [1.29, 1.82) is 0 Å². The molecular weight excluding hydrogens is 286 g/mol. The van der Waals surface area contributed by atoms with Crippen LogP contribution in [0.3, 0.4) is 0 Å². The molecule has 2 aliphatic rings. The number of nitrogens with zero attached hydrogens (tertiary/aromatic N) is 2. The minimum absolute atomic E-state index is 0.0572. The van der Waals surface area contributed by atoms with Crippen LogP contribution in [-0.4, -0.2) is 15.5 Å². The second-order valence-corrected chi connectivity index (χ2v) is 6.95. The molecule has 2 fully saturated rings. The molecular formula is C19H23N3O. The third kappa shape index (κ3) is 2.56. The third-order valence-corrected chi connectivity index (χ3v) is 5.57. The number of hydrogen-bond donors (Lipinski definition) is 1. The zero-order valence-corrected chi connectivity index (χ0v) is 13.7. The molecule has 1 unspecified atom stereocenters. The Bertz CT molecular complexity index is 708. The quantitative estimate of drug-likeness (QED) is 0.941. The summed E-state index contributed by atoms with van der Waals surface area (Å²) in [7, 11) is 0. The number of amides is 1. The largest absolute Gasteiger partial charge is 0.349 e. The smallest absolute Gasteiger partial charge is 0.224 e. The Morgan fingerprint density at radius 2 is 1.96 bits per heavy atom. The molecule has 0 radical (unpaired) electrons. The molecule has 2 aromatic rings. The van der Waals surface area contributed by atoms with Gasteiger partial charge in [-0.2, -0.15) is 0 Å². The maximum Gasteiger partial charge on any atom is 0.224 e. The highest BCUT2D eigenvalue weighted by molar-refractivity contribution is 5.82. The van der Waals surface area contributed by atoms with Crippen molar-refractivity contribution in [2.75, 3.05) is 0 Å². The number of carbonyl (C=O) groups excluding carboxylic acids is 1. The highest BCUT2D eigenvalue weighted by Crippen LogP contribution is 2.57. The van der Waals surface area contributed by atoms with Crippen LogP contribution in [0.5, 0.6) is 0 Å². The highest BCUT2D eigenvalue weighted by atomic mass is 16.2. The molecule has 2 aliphatic carbocycles. The van der Waals surface area contributed by atoms with Crippen molar-refractivity contribution in [1.82, 2.24) is 14.9 Å². The third-order valence-electron chi connectivity index (χ3n) is 5.57. The van der Waals surface area contributed by atoms with E-state index in [1.807, 2.05) is 13.1 Å². The van der Waals surface area contributed by atoms with Crippen LogP contribution in [0.4, 0.5) is 0 Å². The molecule has 0 bridgehead atoms. The fourth-order valence-electron chi connectivity index (χ4n) is 4.18. The van der Waals surface area contributed by atoms with Crippen LogP contribution in [0.1, 0.15) is 43.6 Å². The molecule has 4 heteroatoms. The van der Waals surface area contributed by atoms with Crippen LogP contribution in [0.15, 0.2) is 36.7 Å². The van der Waals surface area contributed by atoms with Gasteiger partial charge in [0, 0.05) is 24.0 Å². The van der Waals surface area contributed by atoms with Crippen LogP contribution >= 0.6 is 0 Å². The van der Waals surface area contributed by atoms with E-state index in [-0.39, 0.29) is 11.9 Å². The lowest BCUT2D eigenvalue weighted by Gasteiger charge is -2.16. The van der Waals surface area contributed by atoms with Crippen molar-refractivity contribution in [3.05, 3.63) is 48.0 Å². The predicted molar refractivity (Wildman–Crippen MR) is 89.2 cm³/mol. The first kappa shape index (κ1) is 14.5. The van der Waals surface area contributed by atoms with Gasteiger partial charge >= 0.3 is 0 Å². The van der Waals surface area contributed by atoms with E-state index in [9.17, 15) is 4.79 Å². The summed E-state index contributed by atoms with van der Waals surface area (Å²) in [5, 5.41) is 3.19. The van der Waals surface area contributed by atoms with Crippen molar-refractivity contribution in [2.45, 2.75) is 39.2 Å². The molecule has 1 heterocycles. The zero-order valence-electron chi connectivity index (χ0n) is 13.7. The average Bonchev–Trinajstić information content (AvgIpc) is 2.89. The number of fused-ring (bicyclic) bond motifs is 1. The Morgan fingerprint density at radius 1 is 1.26 bits per heavy atom. The summed E-state index contributed by atoms with van der Waals surface area (Å²) in [6, 6.07) is 8.40. The van der Waals surface area contributed by atoms with Gasteiger partial charge in [-0.3, -0.25) is 4.79 Å². The Kier molecular flexibility index (Phi) is 3.47. The highest BCUT2D eigenvalue weighted by Gasteiger charge is 2.56. The molecule has 0 spiro atoms. The molecule has 4 rings (SSSR count). The number of nitrogens with one attached hydrogen (secondary N) is 1. The van der Waals surface area contributed by atoms with Gasteiger partial charge in [0.2, 0.25) is 5.91 Å². The number of imidazole rings is 1. The summed E-state index contributed by atoms with van der Waals surface area (Å²) in [6.45, 7) is 4.05. The molecule has 1 N–H and O–H groups in total. The van der Waals surface area contributed by atoms with E-state index in [1.165, 1.54) is 19.3 Å². The second-order valence-electron chi connectivity index (χ2n) is 6.95. The monoisotopic (exact) mass is 309 g/mol. The number of benzene rings is 1.